The highest BCUT2D eigenvalue weighted by Crippen LogP contribution is 2.37. The van der Waals surface area contributed by atoms with E-state index in [1.54, 1.807) is 11.0 Å². The van der Waals surface area contributed by atoms with Crippen LogP contribution in [-0.4, -0.2) is 24.2 Å². The highest BCUT2D eigenvalue weighted by atomic mass is 32.2. The molecule has 6 heteroatoms. The molecule has 0 radical (unpaired) electrons. The fraction of sp³-hybridized carbons (Fsp3) is 0.154. The first-order valence-electron chi connectivity index (χ1n) is 10.7. The van der Waals surface area contributed by atoms with Crippen molar-refractivity contribution in [3.8, 4) is 0 Å². The van der Waals surface area contributed by atoms with Crippen LogP contribution in [0.2, 0.25) is 0 Å². The molecule has 0 saturated carbocycles. The third-order valence-corrected chi connectivity index (χ3v) is 6.49. The average molecular weight is 444 g/mol. The lowest BCUT2D eigenvalue weighted by Gasteiger charge is -2.18. The number of amides is 1. The van der Waals surface area contributed by atoms with Crippen LogP contribution in [0, 0.1) is 5.82 Å². The summed E-state index contributed by atoms with van der Waals surface area (Å²) in [6, 6.07) is 24.2. The van der Waals surface area contributed by atoms with E-state index in [0.717, 1.165) is 37.3 Å². The third kappa shape index (κ3) is 4.18. The molecule has 3 aromatic rings. The Kier molecular flexibility index (Phi) is 5.77. The molecule has 0 aromatic heterocycles. The molecule has 0 N–H and O–H groups in total. The number of para-hydroxylation sites is 2. The van der Waals surface area contributed by atoms with Crippen LogP contribution in [0.5, 0.6) is 0 Å². The van der Waals surface area contributed by atoms with Crippen molar-refractivity contribution in [3.05, 3.63) is 95.1 Å². The van der Waals surface area contributed by atoms with Gasteiger partial charge >= 0.3 is 0 Å². The van der Waals surface area contributed by atoms with Crippen LogP contribution in [0.3, 0.4) is 0 Å². The summed E-state index contributed by atoms with van der Waals surface area (Å²) in [6.07, 6.45) is 3.93. The van der Waals surface area contributed by atoms with Crippen molar-refractivity contribution >= 4 is 46.0 Å². The molecule has 32 heavy (non-hydrogen) atoms. The lowest BCUT2D eigenvalue weighted by Crippen LogP contribution is -2.28. The molecule has 0 spiro atoms. The van der Waals surface area contributed by atoms with E-state index in [-0.39, 0.29) is 11.7 Å². The van der Waals surface area contributed by atoms with E-state index in [1.165, 1.54) is 17.8 Å². The summed E-state index contributed by atoms with van der Waals surface area (Å²) in [5, 5.41) is 0.577. The predicted octanol–water partition coefficient (Wildman–Crippen LogP) is 6.23. The molecule has 2 aliphatic rings. The van der Waals surface area contributed by atoms with Crippen molar-refractivity contribution in [2.45, 2.75) is 12.8 Å². The summed E-state index contributed by atoms with van der Waals surface area (Å²) < 4.78 is 14.8. The fourth-order valence-corrected chi connectivity index (χ4v) is 4.95. The Balaban J connectivity index is 1.49. The van der Waals surface area contributed by atoms with Crippen LogP contribution < -0.4 is 9.80 Å². The molecule has 0 unspecified atom stereocenters. The number of halogens is 1. The summed E-state index contributed by atoms with van der Waals surface area (Å²) in [5.41, 5.74) is 2.81. The molecular weight excluding hydrogens is 421 g/mol. The number of aliphatic imine (C=N–C) groups is 1. The smallest absolute Gasteiger partial charge is 0.271 e. The quantitative estimate of drug-likeness (QED) is 0.448. The van der Waals surface area contributed by atoms with Gasteiger partial charge < -0.3 is 4.90 Å². The zero-order valence-electron chi connectivity index (χ0n) is 17.4. The highest BCUT2D eigenvalue weighted by Gasteiger charge is 2.34. The Bertz CT molecular complexity index is 1190. The summed E-state index contributed by atoms with van der Waals surface area (Å²) in [4.78, 5) is 22.2. The summed E-state index contributed by atoms with van der Waals surface area (Å²) in [7, 11) is 0. The molecule has 2 heterocycles. The number of carbonyl (C=O) groups excluding carboxylic acids is 1. The van der Waals surface area contributed by atoms with Gasteiger partial charge in [0.25, 0.3) is 5.91 Å². The van der Waals surface area contributed by atoms with Gasteiger partial charge in [-0.15, -0.1) is 0 Å². The van der Waals surface area contributed by atoms with E-state index in [2.05, 4.69) is 4.90 Å². The summed E-state index contributed by atoms with van der Waals surface area (Å²) in [5.74, 6) is -0.422. The first kappa shape index (κ1) is 20.5. The van der Waals surface area contributed by atoms with Crippen LogP contribution in [-0.2, 0) is 4.79 Å². The monoisotopic (exact) mass is 443 g/mol. The number of hydrogen-bond acceptors (Lipinski definition) is 4. The number of rotatable bonds is 4. The number of thioether (sulfide) groups is 1. The van der Waals surface area contributed by atoms with Gasteiger partial charge in [0.1, 0.15) is 5.82 Å². The maximum absolute atomic E-state index is 14.8. The minimum Gasteiger partial charge on any atom is -0.369 e. The minimum absolute atomic E-state index is 0.167. The van der Waals surface area contributed by atoms with Gasteiger partial charge in [-0.3, -0.25) is 9.69 Å². The van der Waals surface area contributed by atoms with E-state index in [1.807, 2.05) is 72.8 Å². The average Bonchev–Trinajstić information content (AvgIpc) is 3.44. The number of carbonyl (C=O) groups is 1. The van der Waals surface area contributed by atoms with Crippen molar-refractivity contribution < 1.29 is 9.18 Å². The van der Waals surface area contributed by atoms with Crippen LogP contribution in [0.1, 0.15) is 18.4 Å². The largest absolute Gasteiger partial charge is 0.369 e. The molecule has 0 aliphatic carbocycles. The number of anilines is 2. The topological polar surface area (TPSA) is 35.9 Å². The van der Waals surface area contributed by atoms with Crippen LogP contribution in [0.25, 0.3) is 6.08 Å². The van der Waals surface area contributed by atoms with E-state index in [0.29, 0.717) is 21.3 Å². The number of nitrogens with zero attached hydrogens (tertiary/aromatic N) is 3. The van der Waals surface area contributed by atoms with Gasteiger partial charge in [0.2, 0.25) is 0 Å². The molecule has 160 valence electrons. The zero-order valence-corrected chi connectivity index (χ0v) is 18.3. The Labute approximate surface area is 191 Å². The van der Waals surface area contributed by atoms with E-state index < -0.39 is 0 Å². The molecule has 0 bridgehead atoms. The Morgan fingerprint density at radius 3 is 2.28 bits per heavy atom. The molecule has 2 aliphatic heterocycles. The SMILES string of the molecule is O=C1/C(=C/c2ccc(N3CCCC3)c(F)c2)SC(=Nc2ccccc2)N1c1ccccc1. The predicted molar refractivity (Wildman–Crippen MR) is 131 cm³/mol. The molecule has 2 saturated heterocycles. The van der Waals surface area contributed by atoms with Gasteiger partial charge in [-0.1, -0.05) is 42.5 Å². The van der Waals surface area contributed by atoms with Crippen molar-refractivity contribution in [3.63, 3.8) is 0 Å². The van der Waals surface area contributed by atoms with Gasteiger partial charge in [-0.2, -0.15) is 0 Å². The van der Waals surface area contributed by atoms with Crippen LogP contribution in [0.15, 0.2) is 88.8 Å². The Hall–Kier alpha value is -3.38. The molecule has 4 nitrogen and oxygen atoms in total. The summed E-state index contributed by atoms with van der Waals surface area (Å²) in [6.45, 7) is 1.77. The lowest BCUT2D eigenvalue weighted by molar-refractivity contribution is -0.113. The number of amidine groups is 1. The van der Waals surface area contributed by atoms with Crippen LogP contribution in [0.4, 0.5) is 21.5 Å². The second-order valence-corrected chi connectivity index (χ2v) is 8.73. The van der Waals surface area contributed by atoms with Gasteiger partial charge in [-0.25, -0.2) is 9.38 Å². The first-order valence-corrected chi connectivity index (χ1v) is 11.5. The molecule has 0 atom stereocenters. The third-order valence-electron chi connectivity index (χ3n) is 5.52. The maximum atomic E-state index is 14.8. The number of benzene rings is 3. The molecule has 5 rings (SSSR count). The molecule has 1 amide bonds. The maximum Gasteiger partial charge on any atom is 0.271 e. The second kappa shape index (κ2) is 9.01. The first-order chi connectivity index (χ1) is 15.7. The zero-order chi connectivity index (χ0) is 21.9. The van der Waals surface area contributed by atoms with E-state index >= 15 is 0 Å². The van der Waals surface area contributed by atoms with Gasteiger partial charge in [0, 0.05) is 13.1 Å². The Morgan fingerprint density at radius 1 is 0.906 bits per heavy atom. The van der Waals surface area contributed by atoms with Crippen molar-refractivity contribution in [1.82, 2.24) is 0 Å². The summed E-state index contributed by atoms with van der Waals surface area (Å²) >= 11 is 1.30. The van der Waals surface area contributed by atoms with E-state index in [9.17, 15) is 9.18 Å². The normalized spacial score (nSPS) is 18.8. The minimum atomic E-state index is -0.255. The molecule has 2 fully saturated rings. The highest BCUT2D eigenvalue weighted by molar-refractivity contribution is 8.19. The second-order valence-electron chi connectivity index (χ2n) is 7.72. The van der Waals surface area contributed by atoms with Crippen molar-refractivity contribution in [2.24, 2.45) is 4.99 Å². The van der Waals surface area contributed by atoms with Crippen molar-refractivity contribution in [1.29, 1.82) is 0 Å². The van der Waals surface area contributed by atoms with E-state index in [4.69, 9.17) is 4.99 Å². The Morgan fingerprint density at radius 2 is 1.59 bits per heavy atom. The van der Waals surface area contributed by atoms with Gasteiger partial charge in [-0.05, 0) is 72.6 Å². The van der Waals surface area contributed by atoms with Crippen LogP contribution >= 0.6 is 11.8 Å². The number of hydrogen-bond donors (Lipinski definition) is 0. The lowest BCUT2D eigenvalue weighted by atomic mass is 10.1. The fourth-order valence-electron chi connectivity index (χ4n) is 3.95. The molecular formula is C26H22FN3OS. The van der Waals surface area contributed by atoms with Gasteiger partial charge in [0.15, 0.2) is 5.17 Å². The standard InChI is InChI=1S/C26H22FN3OS/c27-22-17-19(13-14-23(22)29-15-7-8-16-29)18-24-25(31)30(21-11-5-2-6-12-21)26(32-24)28-20-9-3-1-4-10-20/h1-6,9-14,17-18H,7-8,15-16H2/b24-18-,28-26?. The molecule has 3 aromatic carbocycles. The van der Waals surface area contributed by atoms with Gasteiger partial charge in [0.05, 0.1) is 22.0 Å². The van der Waals surface area contributed by atoms with Crippen molar-refractivity contribution in [2.75, 3.05) is 22.9 Å².